The summed E-state index contributed by atoms with van der Waals surface area (Å²) < 4.78 is 10.6. The molecule has 1 rings (SSSR count). The zero-order valence-corrected chi connectivity index (χ0v) is 10.1. The molecule has 0 aliphatic carbocycles. The van der Waals surface area contributed by atoms with Crippen molar-refractivity contribution in [2.75, 3.05) is 6.29 Å². The molecule has 1 aromatic carbocycles. The maximum absolute atomic E-state index is 11.8. The Bertz CT molecular complexity index is 482. The summed E-state index contributed by atoms with van der Waals surface area (Å²) in [5, 5.41) is 10.9. The van der Waals surface area contributed by atoms with Crippen molar-refractivity contribution >= 4 is 19.3 Å². The largest absolute Gasteiger partial charge is 0.480 e. The third kappa shape index (κ3) is 4.38. The molecule has 0 radical (unpaired) electrons. The summed E-state index contributed by atoms with van der Waals surface area (Å²) in [6.45, 7) is 0. The first-order valence-corrected chi connectivity index (χ1v) is 6.71. The second-order valence-electron chi connectivity index (χ2n) is 3.53. The lowest BCUT2D eigenvalue weighted by Gasteiger charge is -2.13. The molecule has 0 fully saturated rings. The van der Waals surface area contributed by atoms with E-state index in [2.05, 4.69) is 0 Å². The normalized spacial score (nSPS) is 13.0. The van der Waals surface area contributed by atoms with E-state index in [0.29, 0.717) is 0 Å². The van der Waals surface area contributed by atoms with Crippen molar-refractivity contribution in [1.29, 1.82) is 0 Å². The number of rotatable bonds is 6. The maximum Gasteiger partial charge on any atom is 0.339 e. The van der Waals surface area contributed by atoms with E-state index in [1.54, 1.807) is 18.2 Å². The van der Waals surface area contributed by atoms with Gasteiger partial charge in [-0.2, -0.15) is 0 Å². The van der Waals surface area contributed by atoms with Crippen molar-refractivity contribution < 1.29 is 29.0 Å². The first kappa shape index (κ1) is 14.5. The number of benzene rings is 1. The molecule has 18 heavy (non-hydrogen) atoms. The Labute approximate surface area is 103 Å². The van der Waals surface area contributed by atoms with Crippen molar-refractivity contribution in [3.8, 4) is 0 Å². The van der Waals surface area contributed by atoms with Crippen LogP contribution >= 0.6 is 7.60 Å². The van der Waals surface area contributed by atoms with E-state index in [0.717, 1.165) is 0 Å². The summed E-state index contributed by atoms with van der Waals surface area (Å²) in [5.74, 6) is -2.24. The van der Waals surface area contributed by atoms with Crippen molar-refractivity contribution in [3.05, 3.63) is 35.9 Å². The molecule has 4 N–H and O–H groups in total. The molecule has 1 unspecified atom stereocenters. The van der Waals surface area contributed by atoms with Gasteiger partial charge in [0.2, 0.25) is 0 Å². The van der Waals surface area contributed by atoms with Crippen LogP contribution in [0.1, 0.15) is 10.4 Å². The standard InChI is InChI=1S/C10H12NO6P/c12-9(7-4-2-1-3-5-7)8(10(13)14)11-6-18(15,16)17/h1-5,8,11H,6H2,(H,13,14)(H2,15,16,17). The molecular formula is C10H12NO6P. The number of carbonyl (C=O) groups is 2. The molecule has 0 bridgehead atoms. The topological polar surface area (TPSA) is 124 Å². The molecule has 0 aliphatic heterocycles. The van der Waals surface area contributed by atoms with E-state index in [1.807, 2.05) is 5.32 Å². The van der Waals surface area contributed by atoms with Crippen LogP contribution in [0, 0.1) is 0 Å². The Hall–Kier alpha value is -1.53. The molecule has 98 valence electrons. The monoisotopic (exact) mass is 273 g/mol. The fourth-order valence-corrected chi connectivity index (χ4v) is 1.69. The van der Waals surface area contributed by atoms with Crippen LogP contribution in [-0.4, -0.2) is 39.0 Å². The Balaban J connectivity index is 2.83. The van der Waals surface area contributed by atoms with Gasteiger partial charge in [-0.05, 0) is 0 Å². The number of Topliss-reactive ketones (excluding diaryl/α,β-unsaturated/α-hetero) is 1. The number of hydrogen-bond donors (Lipinski definition) is 4. The van der Waals surface area contributed by atoms with Crippen LogP contribution in [0.25, 0.3) is 0 Å². The van der Waals surface area contributed by atoms with Crippen LogP contribution in [0.4, 0.5) is 0 Å². The predicted molar refractivity (Wildman–Crippen MR) is 62.2 cm³/mol. The fraction of sp³-hybridized carbons (Fsp3) is 0.200. The second kappa shape index (κ2) is 5.88. The van der Waals surface area contributed by atoms with E-state index in [1.165, 1.54) is 12.1 Å². The average molecular weight is 273 g/mol. The highest BCUT2D eigenvalue weighted by molar-refractivity contribution is 7.51. The maximum atomic E-state index is 11.8. The quantitative estimate of drug-likeness (QED) is 0.328. The average Bonchev–Trinajstić information content (AvgIpc) is 2.28. The molecule has 0 aromatic heterocycles. The van der Waals surface area contributed by atoms with Crippen LogP contribution in [-0.2, 0) is 9.36 Å². The predicted octanol–water partition coefficient (Wildman–Crippen LogP) is 0.0473. The summed E-state index contributed by atoms with van der Waals surface area (Å²) in [6.07, 6.45) is -0.872. The first-order valence-electron chi connectivity index (χ1n) is 4.91. The van der Waals surface area contributed by atoms with E-state index in [-0.39, 0.29) is 5.56 Å². The number of nitrogens with one attached hydrogen (secondary N) is 1. The van der Waals surface area contributed by atoms with Crippen LogP contribution in [0.5, 0.6) is 0 Å². The minimum Gasteiger partial charge on any atom is -0.480 e. The van der Waals surface area contributed by atoms with Gasteiger partial charge in [-0.3, -0.25) is 19.5 Å². The summed E-state index contributed by atoms with van der Waals surface area (Å²) >= 11 is 0. The van der Waals surface area contributed by atoms with Gasteiger partial charge in [-0.15, -0.1) is 0 Å². The number of ketones is 1. The highest BCUT2D eigenvalue weighted by atomic mass is 31.2. The zero-order valence-electron chi connectivity index (χ0n) is 9.18. The Kier molecular flexibility index (Phi) is 4.75. The summed E-state index contributed by atoms with van der Waals surface area (Å²) in [4.78, 5) is 40.0. The molecule has 0 saturated heterocycles. The van der Waals surface area contributed by atoms with Crippen LogP contribution < -0.4 is 5.32 Å². The first-order chi connectivity index (χ1) is 8.31. The van der Waals surface area contributed by atoms with Gasteiger partial charge < -0.3 is 14.9 Å². The molecule has 0 aliphatic rings. The lowest BCUT2D eigenvalue weighted by molar-refractivity contribution is -0.138. The smallest absolute Gasteiger partial charge is 0.339 e. The van der Waals surface area contributed by atoms with Gasteiger partial charge in [0.25, 0.3) is 0 Å². The van der Waals surface area contributed by atoms with Gasteiger partial charge in [-0.25, -0.2) is 0 Å². The van der Waals surface area contributed by atoms with E-state index >= 15 is 0 Å². The SMILES string of the molecule is O=C(O)C(NCP(=O)(O)O)C(=O)c1ccccc1. The molecule has 8 heteroatoms. The van der Waals surface area contributed by atoms with Crippen molar-refractivity contribution in [1.82, 2.24) is 5.32 Å². The molecule has 7 nitrogen and oxygen atoms in total. The summed E-state index contributed by atoms with van der Waals surface area (Å²) in [7, 11) is -4.42. The fourth-order valence-electron chi connectivity index (χ4n) is 1.27. The molecular weight excluding hydrogens is 261 g/mol. The lowest BCUT2D eigenvalue weighted by atomic mass is 10.0. The molecule has 0 spiro atoms. The van der Waals surface area contributed by atoms with Gasteiger partial charge in [0, 0.05) is 5.56 Å². The second-order valence-corrected chi connectivity index (χ2v) is 5.17. The van der Waals surface area contributed by atoms with Gasteiger partial charge in [0.15, 0.2) is 11.8 Å². The third-order valence-electron chi connectivity index (χ3n) is 2.07. The minimum atomic E-state index is -4.42. The number of carboxylic acids is 1. The summed E-state index contributed by atoms with van der Waals surface area (Å²) in [6, 6.07) is 5.97. The van der Waals surface area contributed by atoms with E-state index < -0.39 is 31.7 Å². The molecule has 1 aromatic rings. The van der Waals surface area contributed by atoms with E-state index in [9.17, 15) is 14.2 Å². The minimum absolute atomic E-state index is 0.156. The Morgan fingerprint density at radius 3 is 2.22 bits per heavy atom. The van der Waals surface area contributed by atoms with Crippen LogP contribution in [0.15, 0.2) is 30.3 Å². The van der Waals surface area contributed by atoms with Gasteiger partial charge in [0.1, 0.15) is 0 Å². The van der Waals surface area contributed by atoms with Crippen LogP contribution in [0.3, 0.4) is 0 Å². The van der Waals surface area contributed by atoms with Gasteiger partial charge in [-0.1, -0.05) is 30.3 Å². The number of carbonyl (C=O) groups excluding carboxylic acids is 1. The highest BCUT2D eigenvalue weighted by Crippen LogP contribution is 2.32. The lowest BCUT2D eigenvalue weighted by Crippen LogP contribution is -2.43. The van der Waals surface area contributed by atoms with Gasteiger partial charge in [0.05, 0.1) is 6.29 Å². The molecule has 0 amide bonds. The number of hydrogen-bond acceptors (Lipinski definition) is 4. The van der Waals surface area contributed by atoms with Crippen molar-refractivity contribution in [2.24, 2.45) is 0 Å². The summed E-state index contributed by atoms with van der Waals surface area (Å²) in [5.41, 5.74) is 0.156. The van der Waals surface area contributed by atoms with Crippen molar-refractivity contribution in [2.45, 2.75) is 6.04 Å². The zero-order chi connectivity index (χ0) is 13.8. The Morgan fingerprint density at radius 1 is 1.22 bits per heavy atom. The molecule has 0 heterocycles. The number of carboxylic acid groups (broad SMARTS) is 1. The Morgan fingerprint density at radius 2 is 1.78 bits per heavy atom. The number of aliphatic carboxylic acids is 1. The highest BCUT2D eigenvalue weighted by Gasteiger charge is 2.29. The third-order valence-corrected chi connectivity index (χ3v) is 2.66. The van der Waals surface area contributed by atoms with Crippen LogP contribution in [0.2, 0.25) is 0 Å². The van der Waals surface area contributed by atoms with E-state index in [4.69, 9.17) is 14.9 Å². The van der Waals surface area contributed by atoms with Crippen molar-refractivity contribution in [3.63, 3.8) is 0 Å². The molecule has 0 saturated carbocycles. The van der Waals surface area contributed by atoms with Gasteiger partial charge >= 0.3 is 13.6 Å². The molecule has 1 atom stereocenters.